The van der Waals surface area contributed by atoms with Crippen molar-refractivity contribution in [2.24, 2.45) is 0 Å². The van der Waals surface area contributed by atoms with Crippen LogP contribution < -0.4 is 0 Å². The minimum absolute atomic E-state index is 0.398. The van der Waals surface area contributed by atoms with E-state index in [0.717, 1.165) is 12.1 Å². The van der Waals surface area contributed by atoms with E-state index in [4.69, 9.17) is 5.11 Å². The van der Waals surface area contributed by atoms with Crippen molar-refractivity contribution in [3.8, 4) is 0 Å². The van der Waals surface area contributed by atoms with E-state index >= 15 is 0 Å². The van der Waals surface area contributed by atoms with Gasteiger partial charge in [-0.05, 0) is 12.1 Å². The third-order valence-electron chi connectivity index (χ3n) is 2.12. The normalized spacial score (nSPS) is 13.8. The van der Waals surface area contributed by atoms with Crippen molar-refractivity contribution in [3.05, 3.63) is 24.5 Å². The summed E-state index contributed by atoms with van der Waals surface area (Å²) in [6.45, 7) is 0. The van der Waals surface area contributed by atoms with Crippen molar-refractivity contribution in [1.82, 2.24) is 4.57 Å². The molecule has 1 aromatic heterocycles. The molecule has 0 saturated heterocycles. The summed E-state index contributed by atoms with van der Waals surface area (Å²) in [6.07, 6.45) is -11.2. The zero-order valence-corrected chi connectivity index (χ0v) is 7.88. The lowest BCUT2D eigenvalue weighted by Crippen LogP contribution is -2.63. The molecule has 0 aliphatic rings. The second-order valence-corrected chi connectivity index (χ2v) is 3.10. The zero-order valence-electron chi connectivity index (χ0n) is 7.88. The van der Waals surface area contributed by atoms with Gasteiger partial charge >= 0.3 is 23.9 Å². The highest BCUT2D eigenvalue weighted by Crippen LogP contribution is 2.48. The Morgan fingerprint density at radius 2 is 1.29 bits per heavy atom. The summed E-state index contributed by atoms with van der Waals surface area (Å²) in [5.41, 5.74) is -4.97. The van der Waals surface area contributed by atoms with Crippen LogP contribution in [0.25, 0.3) is 0 Å². The van der Waals surface area contributed by atoms with Crippen LogP contribution in [0.5, 0.6) is 0 Å². The molecule has 0 spiro atoms. The van der Waals surface area contributed by atoms with Crippen LogP contribution in [0.4, 0.5) is 26.3 Å². The maximum absolute atomic E-state index is 12.6. The van der Waals surface area contributed by atoms with Crippen LogP contribution in [0.15, 0.2) is 24.5 Å². The third-order valence-corrected chi connectivity index (χ3v) is 2.12. The van der Waals surface area contributed by atoms with Crippen molar-refractivity contribution in [2.75, 3.05) is 0 Å². The van der Waals surface area contributed by atoms with E-state index < -0.39 is 28.4 Å². The summed E-state index contributed by atoms with van der Waals surface area (Å²) in [6, 6.07) is 1.74. The second-order valence-electron chi connectivity index (χ2n) is 3.10. The standard InChI is InChI=1S/C8H5F6NO2/c9-7(10,11)6(5(16)17,8(12,13)14)15-3-1-2-4-15/h1-4H,(H,16,17). The van der Waals surface area contributed by atoms with Crippen molar-refractivity contribution in [1.29, 1.82) is 0 Å². The number of halogens is 6. The Hall–Kier alpha value is -1.67. The molecule has 0 atom stereocenters. The Balaban J connectivity index is 3.62. The number of alkyl halides is 6. The quantitative estimate of drug-likeness (QED) is 0.830. The molecule has 1 aromatic rings. The first kappa shape index (κ1) is 13.4. The lowest BCUT2D eigenvalue weighted by molar-refractivity contribution is -0.320. The summed E-state index contributed by atoms with van der Waals surface area (Å²) < 4.78 is 75.0. The fourth-order valence-electron chi connectivity index (χ4n) is 1.36. The molecule has 0 aliphatic carbocycles. The molecule has 17 heavy (non-hydrogen) atoms. The molecule has 0 saturated carbocycles. The molecule has 1 rings (SSSR count). The summed E-state index contributed by atoms with van der Waals surface area (Å²) in [5, 5.41) is 8.41. The number of rotatable bonds is 2. The summed E-state index contributed by atoms with van der Waals surface area (Å²) in [4.78, 5) is 10.6. The zero-order chi connectivity index (χ0) is 13.5. The molecule has 0 fully saturated rings. The van der Waals surface area contributed by atoms with E-state index in [1.807, 2.05) is 0 Å². The molecule has 0 radical (unpaired) electrons. The minimum Gasteiger partial charge on any atom is -0.479 e. The number of hydrogen-bond donors (Lipinski definition) is 1. The highest BCUT2D eigenvalue weighted by atomic mass is 19.4. The first-order valence-electron chi connectivity index (χ1n) is 4.05. The van der Waals surface area contributed by atoms with Gasteiger partial charge in [0.25, 0.3) is 0 Å². The molecule has 3 nitrogen and oxygen atoms in total. The van der Waals surface area contributed by atoms with Gasteiger partial charge in [-0.15, -0.1) is 0 Å². The number of carbonyl (C=O) groups is 1. The molecular weight excluding hydrogens is 256 g/mol. The lowest BCUT2D eigenvalue weighted by atomic mass is 9.98. The fraction of sp³-hybridized carbons (Fsp3) is 0.375. The van der Waals surface area contributed by atoms with Crippen LogP contribution in [-0.2, 0) is 10.3 Å². The molecule has 0 unspecified atom stereocenters. The molecule has 0 amide bonds. The van der Waals surface area contributed by atoms with Crippen LogP contribution in [0.1, 0.15) is 0 Å². The maximum Gasteiger partial charge on any atom is 0.432 e. The molecule has 1 N–H and O–H groups in total. The van der Waals surface area contributed by atoms with Crippen molar-refractivity contribution in [3.63, 3.8) is 0 Å². The predicted octanol–water partition coefficient (Wildman–Crippen LogP) is 2.39. The van der Waals surface area contributed by atoms with E-state index in [1.165, 1.54) is 0 Å². The van der Waals surface area contributed by atoms with Gasteiger partial charge in [-0.3, -0.25) is 0 Å². The SMILES string of the molecule is O=C(O)C(n1cccc1)(C(F)(F)F)C(F)(F)F. The van der Waals surface area contributed by atoms with Crippen LogP contribution in [0.2, 0.25) is 0 Å². The number of aliphatic carboxylic acids is 1. The Kier molecular flexibility index (Phi) is 2.89. The van der Waals surface area contributed by atoms with E-state index in [9.17, 15) is 31.1 Å². The molecular formula is C8H5F6NO2. The number of carboxylic acid groups (broad SMARTS) is 1. The maximum atomic E-state index is 12.6. The largest absolute Gasteiger partial charge is 0.479 e. The van der Waals surface area contributed by atoms with E-state index in [-0.39, 0.29) is 0 Å². The Bertz CT molecular complexity index is 391. The number of nitrogens with zero attached hydrogens (tertiary/aromatic N) is 1. The van der Waals surface area contributed by atoms with Gasteiger partial charge in [0, 0.05) is 12.4 Å². The first-order chi connectivity index (χ1) is 7.55. The van der Waals surface area contributed by atoms with Crippen LogP contribution in [0, 0.1) is 0 Å². The molecule has 0 aliphatic heterocycles. The monoisotopic (exact) mass is 261 g/mol. The van der Waals surface area contributed by atoms with Gasteiger partial charge in [-0.25, -0.2) is 4.79 Å². The van der Waals surface area contributed by atoms with E-state index in [1.54, 1.807) is 0 Å². The Morgan fingerprint density at radius 1 is 0.941 bits per heavy atom. The van der Waals surface area contributed by atoms with Crippen LogP contribution >= 0.6 is 0 Å². The van der Waals surface area contributed by atoms with Crippen LogP contribution in [0.3, 0.4) is 0 Å². The van der Waals surface area contributed by atoms with Crippen molar-refractivity contribution >= 4 is 5.97 Å². The van der Waals surface area contributed by atoms with Gasteiger partial charge in [0.05, 0.1) is 0 Å². The third kappa shape index (κ3) is 1.75. The van der Waals surface area contributed by atoms with E-state index in [0.29, 0.717) is 12.4 Å². The molecule has 0 bridgehead atoms. The highest BCUT2D eigenvalue weighted by molar-refractivity contribution is 5.79. The second kappa shape index (κ2) is 3.67. The van der Waals surface area contributed by atoms with Gasteiger partial charge in [0.2, 0.25) is 0 Å². The summed E-state index contributed by atoms with van der Waals surface area (Å²) in [5.74, 6) is -3.03. The van der Waals surface area contributed by atoms with Crippen LogP contribution in [-0.4, -0.2) is 28.0 Å². The smallest absolute Gasteiger partial charge is 0.432 e. The van der Waals surface area contributed by atoms with Gasteiger partial charge in [-0.1, -0.05) is 0 Å². The predicted molar refractivity (Wildman–Crippen MR) is 42.2 cm³/mol. The highest BCUT2D eigenvalue weighted by Gasteiger charge is 2.77. The van der Waals surface area contributed by atoms with Crippen molar-refractivity contribution in [2.45, 2.75) is 17.9 Å². The topological polar surface area (TPSA) is 42.2 Å². The number of hydrogen-bond acceptors (Lipinski definition) is 1. The molecule has 0 aromatic carbocycles. The Morgan fingerprint density at radius 3 is 1.53 bits per heavy atom. The number of aromatic nitrogens is 1. The minimum atomic E-state index is -6.02. The van der Waals surface area contributed by atoms with Gasteiger partial charge in [0.15, 0.2) is 0 Å². The molecule has 9 heteroatoms. The Labute approximate surface area is 90.3 Å². The van der Waals surface area contributed by atoms with E-state index in [2.05, 4.69) is 0 Å². The average Bonchev–Trinajstić information content (AvgIpc) is 2.50. The summed E-state index contributed by atoms with van der Waals surface area (Å²) in [7, 11) is 0. The van der Waals surface area contributed by atoms with Gasteiger partial charge < -0.3 is 9.67 Å². The molecule has 1 heterocycles. The lowest BCUT2D eigenvalue weighted by Gasteiger charge is -2.34. The molecule has 96 valence electrons. The number of carboxylic acids is 1. The average molecular weight is 261 g/mol. The fourth-order valence-corrected chi connectivity index (χ4v) is 1.36. The van der Waals surface area contributed by atoms with Gasteiger partial charge in [-0.2, -0.15) is 26.3 Å². The first-order valence-corrected chi connectivity index (χ1v) is 4.05. The summed E-state index contributed by atoms with van der Waals surface area (Å²) >= 11 is 0. The van der Waals surface area contributed by atoms with Gasteiger partial charge in [0.1, 0.15) is 0 Å². The van der Waals surface area contributed by atoms with Crippen molar-refractivity contribution < 1.29 is 36.2 Å².